The van der Waals surface area contributed by atoms with Gasteiger partial charge in [-0.05, 0) is 55.1 Å². The molecule has 3 saturated carbocycles. The normalized spacial score (nSPS) is 34.8. The highest BCUT2D eigenvalue weighted by Gasteiger charge is 2.49. The Morgan fingerprint density at radius 3 is 2.33 bits per heavy atom. The van der Waals surface area contributed by atoms with E-state index in [1.165, 1.54) is 44.1 Å². The van der Waals surface area contributed by atoms with Crippen molar-refractivity contribution in [2.45, 2.75) is 54.9 Å². The van der Waals surface area contributed by atoms with Gasteiger partial charge in [-0.3, -0.25) is 0 Å². The van der Waals surface area contributed by atoms with E-state index in [1.807, 2.05) is 7.11 Å². The molecule has 0 radical (unpaired) electrons. The fourth-order valence-electron chi connectivity index (χ4n) is 3.87. The summed E-state index contributed by atoms with van der Waals surface area (Å²) in [6, 6.07) is 9.16. The quantitative estimate of drug-likeness (QED) is 0.743. The van der Waals surface area contributed by atoms with E-state index >= 15 is 0 Å². The Hall–Kier alpha value is -0.340. The third kappa shape index (κ3) is 1.94. The lowest BCUT2D eigenvalue weighted by Gasteiger charge is -2.53. The lowest BCUT2D eigenvalue weighted by molar-refractivity contribution is -0.0955. The van der Waals surface area contributed by atoms with Crippen LogP contribution in [0.5, 0.6) is 0 Å². The molecule has 1 nitrogen and oxygen atoms in total. The van der Waals surface area contributed by atoms with Gasteiger partial charge in [0.1, 0.15) is 0 Å². The highest BCUT2D eigenvalue weighted by Crippen LogP contribution is 2.54. The summed E-state index contributed by atoms with van der Waals surface area (Å²) in [6.07, 6.45) is 7.61. The van der Waals surface area contributed by atoms with Crippen molar-refractivity contribution in [1.29, 1.82) is 0 Å². The highest BCUT2D eigenvalue weighted by atomic mass is 79.9. The zero-order valence-electron chi connectivity index (χ0n) is 11.0. The minimum atomic E-state index is 0.217. The second-order valence-electron chi connectivity index (χ2n) is 6.00. The third-order valence-corrected chi connectivity index (χ3v) is 5.95. The molecule has 98 valence electrons. The molecule has 0 heterocycles. The predicted molar refractivity (Wildman–Crippen MR) is 78.2 cm³/mol. The van der Waals surface area contributed by atoms with Crippen molar-refractivity contribution in [2.75, 3.05) is 7.11 Å². The van der Waals surface area contributed by atoms with Gasteiger partial charge in [0.05, 0.1) is 5.60 Å². The van der Waals surface area contributed by atoms with Gasteiger partial charge in [0.15, 0.2) is 0 Å². The first kappa shape index (κ1) is 12.7. The van der Waals surface area contributed by atoms with E-state index in [0.717, 1.165) is 5.33 Å². The molecule has 0 saturated heterocycles. The summed E-state index contributed by atoms with van der Waals surface area (Å²) in [5.41, 5.74) is 3.62. The van der Waals surface area contributed by atoms with E-state index < -0.39 is 0 Å². The first-order valence-corrected chi connectivity index (χ1v) is 8.05. The Morgan fingerprint density at radius 1 is 1.11 bits per heavy atom. The van der Waals surface area contributed by atoms with Gasteiger partial charge in [-0.15, -0.1) is 0 Å². The minimum absolute atomic E-state index is 0.217. The topological polar surface area (TPSA) is 9.23 Å². The molecule has 4 rings (SSSR count). The average molecular weight is 309 g/mol. The second-order valence-corrected chi connectivity index (χ2v) is 6.56. The smallest absolute Gasteiger partial charge is 0.0679 e. The molecule has 3 fully saturated rings. The van der Waals surface area contributed by atoms with Crippen molar-refractivity contribution in [3.63, 3.8) is 0 Å². The summed E-state index contributed by atoms with van der Waals surface area (Å²) in [6.45, 7) is 0. The van der Waals surface area contributed by atoms with Gasteiger partial charge >= 0.3 is 0 Å². The molecule has 3 aliphatic rings. The number of ether oxygens (including phenoxy) is 1. The minimum Gasteiger partial charge on any atom is -0.378 e. The van der Waals surface area contributed by atoms with Crippen molar-refractivity contribution >= 4 is 15.9 Å². The fourth-order valence-corrected chi connectivity index (χ4v) is 4.22. The lowest BCUT2D eigenvalue weighted by atomic mass is 9.56. The molecule has 1 aromatic rings. The molecular weight excluding hydrogens is 288 g/mol. The van der Waals surface area contributed by atoms with Crippen LogP contribution in [0, 0.1) is 0 Å². The summed E-state index contributed by atoms with van der Waals surface area (Å²) in [7, 11) is 1.89. The monoisotopic (exact) mass is 308 g/mol. The van der Waals surface area contributed by atoms with E-state index in [4.69, 9.17) is 4.74 Å². The van der Waals surface area contributed by atoms with Crippen LogP contribution in [0.1, 0.15) is 49.7 Å². The van der Waals surface area contributed by atoms with Crippen molar-refractivity contribution in [2.24, 2.45) is 0 Å². The number of fused-ring (bicyclic) bond motifs is 3. The molecule has 2 heteroatoms. The molecule has 1 aromatic carbocycles. The van der Waals surface area contributed by atoms with Crippen molar-refractivity contribution in [1.82, 2.24) is 0 Å². The first-order valence-electron chi connectivity index (χ1n) is 6.93. The first-order chi connectivity index (χ1) is 8.72. The lowest BCUT2D eigenvalue weighted by Crippen LogP contribution is -2.49. The summed E-state index contributed by atoms with van der Waals surface area (Å²) in [5.74, 6) is 0. The van der Waals surface area contributed by atoms with Crippen LogP contribution in [0.4, 0.5) is 0 Å². The van der Waals surface area contributed by atoms with E-state index in [2.05, 4.69) is 40.2 Å². The molecule has 0 aromatic heterocycles. The summed E-state index contributed by atoms with van der Waals surface area (Å²) >= 11 is 3.56. The molecule has 0 spiro atoms. The molecular formula is C16H21BrO. The van der Waals surface area contributed by atoms with Gasteiger partial charge in [-0.1, -0.05) is 40.2 Å². The molecule has 0 amide bonds. The van der Waals surface area contributed by atoms with Gasteiger partial charge in [0.2, 0.25) is 0 Å². The molecule has 0 N–H and O–H groups in total. The Labute approximate surface area is 118 Å². The van der Waals surface area contributed by atoms with Crippen LogP contribution in [0.3, 0.4) is 0 Å². The van der Waals surface area contributed by atoms with Crippen LogP contribution in [-0.2, 0) is 15.5 Å². The Kier molecular flexibility index (Phi) is 3.27. The van der Waals surface area contributed by atoms with Gasteiger partial charge in [0.25, 0.3) is 0 Å². The highest BCUT2D eigenvalue weighted by molar-refractivity contribution is 9.08. The third-order valence-electron chi connectivity index (χ3n) is 5.30. The van der Waals surface area contributed by atoms with Crippen LogP contribution in [-0.4, -0.2) is 12.7 Å². The molecule has 0 atom stereocenters. The largest absolute Gasteiger partial charge is 0.378 e. The Balaban J connectivity index is 1.89. The van der Waals surface area contributed by atoms with Crippen LogP contribution >= 0.6 is 15.9 Å². The van der Waals surface area contributed by atoms with Gasteiger partial charge < -0.3 is 4.74 Å². The molecule has 18 heavy (non-hydrogen) atoms. The maximum Gasteiger partial charge on any atom is 0.0679 e. The van der Waals surface area contributed by atoms with Crippen molar-refractivity contribution < 1.29 is 4.74 Å². The molecule has 3 aliphatic carbocycles. The standard InChI is InChI=1S/C16H21BrO/c1-18-16-8-5-15(6-9-16,7-10-16)14-4-2-3-13(11-14)12-17/h2-4,11H,5-10,12H2,1H3. The number of halogens is 1. The SMILES string of the molecule is COC12CCC(c3cccc(CBr)c3)(CC1)CC2. The number of methoxy groups -OCH3 is 1. The summed E-state index contributed by atoms with van der Waals surface area (Å²) in [4.78, 5) is 0. The number of benzene rings is 1. The Bertz CT molecular complexity index is 416. The fraction of sp³-hybridized carbons (Fsp3) is 0.625. The van der Waals surface area contributed by atoms with E-state index in [1.54, 1.807) is 5.56 Å². The van der Waals surface area contributed by atoms with Gasteiger partial charge in [-0.2, -0.15) is 0 Å². The number of hydrogen-bond acceptors (Lipinski definition) is 1. The molecule has 0 aliphatic heterocycles. The predicted octanol–water partition coefficient (Wildman–Crippen LogP) is 4.57. The molecule has 2 bridgehead atoms. The van der Waals surface area contributed by atoms with Crippen LogP contribution in [0.2, 0.25) is 0 Å². The van der Waals surface area contributed by atoms with Crippen molar-refractivity contribution in [3.8, 4) is 0 Å². The number of hydrogen-bond donors (Lipinski definition) is 0. The maximum absolute atomic E-state index is 5.78. The van der Waals surface area contributed by atoms with Crippen LogP contribution in [0.15, 0.2) is 24.3 Å². The zero-order chi connectivity index (χ0) is 12.6. The van der Waals surface area contributed by atoms with E-state index in [9.17, 15) is 0 Å². The van der Waals surface area contributed by atoms with E-state index in [-0.39, 0.29) is 5.60 Å². The van der Waals surface area contributed by atoms with E-state index in [0.29, 0.717) is 5.41 Å². The second kappa shape index (κ2) is 4.64. The number of alkyl halides is 1. The van der Waals surface area contributed by atoms with Crippen LogP contribution < -0.4 is 0 Å². The average Bonchev–Trinajstić information content (AvgIpc) is 2.49. The Morgan fingerprint density at radius 2 is 1.78 bits per heavy atom. The number of rotatable bonds is 3. The summed E-state index contributed by atoms with van der Waals surface area (Å²) in [5, 5.41) is 0.957. The van der Waals surface area contributed by atoms with Crippen molar-refractivity contribution in [3.05, 3.63) is 35.4 Å². The maximum atomic E-state index is 5.78. The van der Waals surface area contributed by atoms with Gasteiger partial charge in [-0.25, -0.2) is 0 Å². The summed E-state index contributed by atoms with van der Waals surface area (Å²) < 4.78 is 5.78. The molecule has 0 unspecified atom stereocenters. The van der Waals surface area contributed by atoms with Gasteiger partial charge in [0, 0.05) is 12.4 Å². The van der Waals surface area contributed by atoms with Crippen LogP contribution in [0.25, 0.3) is 0 Å². The zero-order valence-corrected chi connectivity index (χ0v) is 12.6.